The Kier molecular flexibility index (Phi) is 36.6. The van der Waals surface area contributed by atoms with Crippen molar-refractivity contribution in [2.75, 3.05) is 26.4 Å². The summed E-state index contributed by atoms with van der Waals surface area (Å²) in [5.41, 5.74) is 18.9. The molecule has 0 aromatic heterocycles. The Hall–Kier alpha value is -9.08. The molecule has 0 N–H and O–H groups in total. The van der Waals surface area contributed by atoms with E-state index in [2.05, 4.69) is 149 Å². The summed E-state index contributed by atoms with van der Waals surface area (Å²) in [5.74, 6) is 3.48. The van der Waals surface area contributed by atoms with Crippen LogP contribution >= 0.6 is 0 Å². The standard InChI is InChI=1S/C100H124N4O4/c1-5-9-13-17-21-25-29-33-37-57-105-97-89-61-85(81-49-41-77(73-101)42-50-81)62-90(97)70-92-64-87(83-53-45-79(75-103)46-54-83)66-94(99(92)107-59-39-35-31-27-23-19-15-11-7-3)72-96-68-88(84-55-47-80(76-104)48-56-84)67-95(100(96)108-60-40-36-32-28-24-20-16-12-8-4)71-93-65-86(82-51-43-78(74-102)44-52-82)63-91(69-89)98(93)106-58-38-34-30-26-22-18-14-10-6-2/h41-56,61-68H,5-40,57-60,69-72H2,1-4H3. The van der Waals surface area contributed by atoms with Crippen LogP contribution in [0.15, 0.2) is 146 Å². The van der Waals surface area contributed by atoms with Gasteiger partial charge >= 0.3 is 0 Å². The van der Waals surface area contributed by atoms with Crippen molar-refractivity contribution in [1.29, 1.82) is 21.0 Å². The third kappa shape index (κ3) is 26.7. The van der Waals surface area contributed by atoms with E-state index in [-0.39, 0.29) is 0 Å². The van der Waals surface area contributed by atoms with E-state index in [0.29, 0.717) is 74.4 Å². The van der Waals surface area contributed by atoms with Gasteiger partial charge in [-0.1, -0.05) is 282 Å². The molecule has 0 radical (unpaired) electrons. The molecule has 1 aliphatic carbocycles. The van der Waals surface area contributed by atoms with Crippen LogP contribution in [0.5, 0.6) is 23.0 Å². The van der Waals surface area contributed by atoms with Crippen molar-refractivity contribution in [3.05, 3.63) is 212 Å². The van der Waals surface area contributed by atoms with E-state index >= 15 is 0 Å². The zero-order valence-corrected chi connectivity index (χ0v) is 66.4. The Balaban J connectivity index is 1.30. The van der Waals surface area contributed by atoms with Crippen molar-refractivity contribution in [3.63, 3.8) is 0 Å². The van der Waals surface area contributed by atoms with Crippen molar-refractivity contribution in [2.45, 2.75) is 285 Å². The number of unbranched alkanes of at least 4 members (excludes halogenated alkanes) is 32. The molecule has 0 amide bonds. The zero-order valence-electron chi connectivity index (χ0n) is 66.4. The molecule has 0 saturated heterocycles. The first-order valence-electron chi connectivity index (χ1n) is 42.4. The first-order chi connectivity index (χ1) is 53.3. The summed E-state index contributed by atoms with van der Waals surface area (Å²) in [5, 5.41) is 40.7. The number of hydrogen-bond donors (Lipinski definition) is 0. The number of nitriles is 4. The predicted molar refractivity (Wildman–Crippen MR) is 448 cm³/mol. The molecule has 8 nitrogen and oxygen atoms in total. The monoisotopic (exact) mass is 1440 g/mol. The Labute approximate surface area is 651 Å². The Morgan fingerprint density at radius 3 is 0.500 bits per heavy atom. The van der Waals surface area contributed by atoms with Gasteiger partial charge in [-0.3, -0.25) is 0 Å². The second-order valence-electron chi connectivity index (χ2n) is 30.7. The summed E-state index contributed by atoms with van der Waals surface area (Å²) in [4.78, 5) is 0. The fourth-order valence-electron chi connectivity index (χ4n) is 15.6. The lowest BCUT2D eigenvalue weighted by atomic mass is 9.86. The van der Waals surface area contributed by atoms with Crippen molar-refractivity contribution in [3.8, 4) is 91.8 Å². The molecule has 8 bridgehead atoms. The number of ether oxygens (including phenoxy) is 4. The lowest BCUT2D eigenvalue weighted by Gasteiger charge is -2.25. The first-order valence-corrected chi connectivity index (χ1v) is 42.4. The minimum Gasteiger partial charge on any atom is -0.493 e. The molecule has 0 atom stereocenters. The summed E-state index contributed by atoms with van der Waals surface area (Å²) >= 11 is 0. The number of benzene rings is 8. The highest BCUT2D eigenvalue weighted by Crippen LogP contribution is 2.45. The van der Waals surface area contributed by atoms with Crippen LogP contribution in [0.1, 0.15) is 326 Å². The van der Waals surface area contributed by atoms with Gasteiger partial charge < -0.3 is 18.9 Å². The average Bonchev–Trinajstić information content (AvgIpc) is 0.765. The molecule has 1 aliphatic rings. The molecule has 8 aromatic carbocycles. The van der Waals surface area contributed by atoms with Crippen molar-refractivity contribution < 1.29 is 18.9 Å². The van der Waals surface area contributed by atoms with Crippen LogP contribution in [0, 0.1) is 45.3 Å². The van der Waals surface area contributed by atoms with Crippen molar-refractivity contribution in [2.24, 2.45) is 0 Å². The van der Waals surface area contributed by atoms with E-state index in [4.69, 9.17) is 18.9 Å². The molecular weight excluding hydrogens is 1320 g/mol. The molecule has 568 valence electrons. The van der Waals surface area contributed by atoms with Crippen molar-refractivity contribution >= 4 is 0 Å². The van der Waals surface area contributed by atoms with E-state index in [1.54, 1.807) is 0 Å². The van der Waals surface area contributed by atoms with Gasteiger partial charge in [-0.2, -0.15) is 21.0 Å². The van der Waals surface area contributed by atoms with Gasteiger partial charge in [0.2, 0.25) is 0 Å². The Morgan fingerprint density at radius 1 is 0.204 bits per heavy atom. The van der Waals surface area contributed by atoms with E-state index in [9.17, 15) is 21.0 Å². The predicted octanol–water partition coefficient (Wildman–Crippen LogP) is 28.2. The largest absolute Gasteiger partial charge is 0.493 e. The van der Waals surface area contributed by atoms with E-state index in [0.717, 1.165) is 163 Å². The molecule has 0 heterocycles. The molecule has 0 aliphatic heterocycles. The fraction of sp³-hybridized carbons (Fsp3) is 0.480. The molecule has 8 heteroatoms. The third-order valence-electron chi connectivity index (χ3n) is 21.9. The van der Waals surface area contributed by atoms with Crippen LogP contribution in [0.25, 0.3) is 44.5 Å². The van der Waals surface area contributed by atoms with Crippen LogP contribution in [-0.4, -0.2) is 26.4 Å². The maximum Gasteiger partial charge on any atom is 0.126 e. The third-order valence-corrected chi connectivity index (χ3v) is 21.9. The summed E-state index contributed by atoms with van der Waals surface area (Å²) in [6.07, 6.45) is 45.2. The van der Waals surface area contributed by atoms with E-state index in [1.165, 1.54) is 180 Å². The van der Waals surface area contributed by atoms with Gasteiger partial charge in [0.15, 0.2) is 0 Å². The SMILES string of the molecule is CCCCCCCCCCCOc1c2cc(-c3ccc(C#N)cc3)cc1Cc1cc(-c3ccc(C#N)cc3)cc(c1OCCCCCCCCCCC)Cc1cc(-c3ccc(C#N)cc3)cc(c1OCCCCCCCCCCC)Cc1cc(-c3ccc(C#N)cc3)cc(c1OCCCCCCCCCCC)C2. The second-order valence-corrected chi connectivity index (χ2v) is 30.7. The topological polar surface area (TPSA) is 132 Å². The highest BCUT2D eigenvalue weighted by molar-refractivity contribution is 5.75. The van der Waals surface area contributed by atoms with E-state index in [1.807, 2.05) is 48.5 Å². The molecule has 0 fully saturated rings. The zero-order chi connectivity index (χ0) is 75.6. The normalized spacial score (nSPS) is 11.7. The van der Waals surface area contributed by atoms with Gasteiger partial charge in [-0.15, -0.1) is 0 Å². The number of rotatable bonds is 48. The van der Waals surface area contributed by atoms with Crippen LogP contribution in [0.2, 0.25) is 0 Å². The van der Waals surface area contributed by atoms with Gasteiger partial charge in [0.25, 0.3) is 0 Å². The number of nitrogens with zero attached hydrogens (tertiary/aromatic N) is 4. The summed E-state index contributed by atoms with van der Waals surface area (Å²) in [6.45, 7) is 11.4. The first kappa shape index (κ1) is 83.0. The number of hydrogen-bond acceptors (Lipinski definition) is 8. The van der Waals surface area contributed by atoms with Gasteiger partial charge in [0, 0.05) is 25.7 Å². The molecule has 0 spiro atoms. The molecule has 108 heavy (non-hydrogen) atoms. The average molecular weight is 1450 g/mol. The van der Waals surface area contributed by atoms with Crippen molar-refractivity contribution in [1.82, 2.24) is 0 Å². The Bertz CT molecular complexity index is 3530. The second kappa shape index (κ2) is 47.7. The maximum atomic E-state index is 10.2. The lowest BCUT2D eigenvalue weighted by Crippen LogP contribution is -2.11. The van der Waals surface area contributed by atoms with Gasteiger partial charge in [0.05, 0.1) is 73.0 Å². The summed E-state index contributed by atoms with van der Waals surface area (Å²) in [6, 6.07) is 60.3. The molecule has 0 unspecified atom stereocenters. The van der Waals surface area contributed by atoms with Crippen LogP contribution in [0.3, 0.4) is 0 Å². The van der Waals surface area contributed by atoms with E-state index < -0.39 is 0 Å². The van der Waals surface area contributed by atoms with Crippen LogP contribution in [0.4, 0.5) is 0 Å². The highest BCUT2D eigenvalue weighted by atomic mass is 16.5. The highest BCUT2D eigenvalue weighted by Gasteiger charge is 2.27. The quantitative estimate of drug-likeness (QED) is 0.0345. The molecular formula is C100H124N4O4. The number of fused-ring (bicyclic) bond motifs is 8. The van der Waals surface area contributed by atoms with Gasteiger partial charge in [-0.05, 0) is 212 Å². The lowest BCUT2D eigenvalue weighted by molar-refractivity contribution is 0.293. The molecule has 9 rings (SSSR count). The van der Waals surface area contributed by atoms with Crippen LogP contribution < -0.4 is 18.9 Å². The summed E-state index contributed by atoms with van der Waals surface area (Å²) < 4.78 is 30.1. The van der Waals surface area contributed by atoms with Gasteiger partial charge in [-0.25, -0.2) is 0 Å². The smallest absolute Gasteiger partial charge is 0.126 e. The summed E-state index contributed by atoms with van der Waals surface area (Å²) in [7, 11) is 0. The maximum absolute atomic E-state index is 10.2. The molecule has 8 aromatic rings. The minimum atomic E-state index is 0.478. The Morgan fingerprint density at radius 2 is 0.352 bits per heavy atom. The minimum absolute atomic E-state index is 0.478. The molecule has 0 saturated carbocycles. The van der Waals surface area contributed by atoms with Crippen LogP contribution in [-0.2, 0) is 25.7 Å². The fourth-order valence-corrected chi connectivity index (χ4v) is 15.6. The van der Waals surface area contributed by atoms with Gasteiger partial charge in [0.1, 0.15) is 23.0 Å².